The van der Waals surface area contributed by atoms with Crippen molar-refractivity contribution < 1.29 is 14.3 Å². The first kappa shape index (κ1) is 16.5. The Morgan fingerprint density at radius 3 is 2.83 bits per heavy atom. The number of hydrogen-bond acceptors (Lipinski definition) is 4. The lowest BCUT2D eigenvalue weighted by molar-refractivity contribution is -0.139. The molecule has 1 unspecified atom stereocenters. The minimum atomic E-state index is -0.518. The van der Waals surface area contributed by atoms with Gasteiger partial charge < -0.3 is 19.9 Å². The van der Waals surface area contributed by atoms with Crippen molar-refractivity contribution in [2.45, 2.75) is 25.9 Å². The molecule has 0 spiro atoms. The van der Waals surface area contributed by atoms with Gasteiger partial charge in [-0.2, -0.15) is 0 Å². The minimum absolute atomic E-state index is 0.0104. The second-order valence-corrected chi connectivity index (χ2v) is 6.40. The van der Waals surface area contributed by atoms with Gasteiger partial charge in [-0.05, 0) is 37.8 Å². The van der Waals surface area contributed by atoms with E-state index in [0.29, 0.717) is 11.7 Å². The van der Waals surface area contributed by atoms with Crippen LogP contribution in [-0.2, 0) is 4.79 Å². The lowest BCUT2D eigenvalue weighted by Gasteiger charge is -2.34. The summed E-state index contributed by atoms with van der Waals surface area (Å²) in [7, 11) is 0. The molecule has 1 atom stereocenters. The Kier molecular flexibility index (Phi) is 5.17. The first-order chi connectivity index (χ1) is 11.6. The molecule has 3 amide bonds. The van der Waals surface area contributed by atoms with Gasteiger partial charge in [-0.25, -0.2) is 4.79 Å². The minimum Gasteiger partial charge on any atom is -0.479 e. The van der Waals surface area contributed by atoms with Crippen LogP contribution in [0, 0.1) is 5.92 Å². The molecule has 3 heterocycles. The molecule has 1 aromatic heterocycles. The molecule has 2 aliphatic rings. The van der Waals surface area contributed by atoms with E-state index in [1.807, 2.05) is 9.80 Å². The molecule has 0 aliphatic carbocycles. The fourth-order valence-electron chi connectivity index (χ4n) is 3.26. The SMILES string of the molecule is CC(Oc1cccnc1)C(=O)N1CCC(CN2CCNC2=O)CC1. The highest BCUT2D eigenvalue weighted by Gasteiger charge is 2.29. The predicted octanol–water partition coefficient (Wildman–Crippen LogP) is 1.11. The molecule has 0 saturated carbocycles. The predicted molar refractivity (Wildman–Crippen MR) is 88.6 cm³/mol. The van der Waals surface area contributed by atoms with Gasteiger partial charge in [0.1, 0.15) is 5.75 Å². The van der Waals surface area contributed by atoms with E-state index in [2.05, 4.69) is 10.3 Å². The third-order valence-corrected chi connectivity index (χ3v) is 4.64. The topological polar surface area (TPSA) is 74.8 Å². The van der Waals surface area contributed by atoms with E-state index in [0.717, 1.165) is 45.6 Å². The van der Waals surface area contributed by atoms with Gasteiger partial charge in [0.2, 0.25) is 0 Å². The number of carbonyl (C=O) groups is 2. The Balaban J connectivity index is 1.45. The number of ether oxygens (including phenoxy) is 1. The van der Waals surface area contributed by atoms with Crippen molar-refractivity contribution >= 4 is 11.9 Å². The summed E-state index contributed by atoms with van der Waals surface area (Å²) in [6.45, 7) is 5.53. The second kappa shape index (κ2) is 7.51. The molecule has 0 bridgehead atoms. The van der Waals surface area contributed by atoms with Crippen molar-refractivity contribution in [3.05, 3.63) is 24.5 Å². The summed E-state index contributed by atoms with van der Waals surface area (Å²) < 4.78 is 5.66. The number of hydrogen-bond donors (Lipinski definition) is 1. The number of amides is 3. The fraction of sp³-hybridized carbons (Fsp3) is 0.588. The maximum absolute atomic E-state index is 12.5. The molecule has 130 valence electrons. The molecule has 2 aliphatic heterocycles. The van der Waals surface area contributed by atoms with Gasteiger partial charge in [0.05, 0.1) is 6.20 Å². The zero-order chi connectivity index (χ0) is 16.9. The molecule has 0 aromatic carbocycles. The zero-order valence-corrected chi connectivity index (χ0v) is 14.0. The standard InChI is InChI=1S/C17H24N4O3/c1-13(24-15-3-2-6-18-11-15)16(22)20-8-4-14(5-9-20)12-21-10-7-19-17(21)23/h2-3,6,11,13-14H,4-5,7-10,12H2,1H3,(H,19,23). The van der Waals surface area contributed by atoms with E-state index >= 15 is 0 Å². The normalized spacial score (nSPS) is 20.0. The van der Waals surface area contributed by atoms with Crippen molar-refractivity contribution in [2.24, 2.45) is 5.92 Å². The smallest absolute Gasteiger partial charge is 0.317 e. The quantitative estimate of drug-likeness (QED) is 0.876. The average molecular weight is 332 g/mol. The number of nitrogens with one attached hydrogen (secondary N) is 1. The van der Waals surface area contributed by atoms with Crippen LogP contribution in [0.4, 0.5) is 4.79 Å². The van der Waals surface area contributed by atoms with Crippen LogP contribution in [0.5, 0.6) is 5.75 Å². The second-order valence-electron chi connectivity index (χ2n) is 6.40. The van der Waals surface area contributed by atoms with Crippen LogP contribution in [0.25, 0.3) is 0 Å². The number of urea groups is 1. The number of aromatic nitrogens is 1. The highest BCUT2D eigenvalue weighted by atomic mass is 16.5. The Hall–Kier alpha value is -2.31. The van der Waals surface area contributed by atoms with E-state index in [4.69, 9.17) is 4.74 Å². The molecular formula is C17H24N4O3. The largest absolute Gasteiger partial charge is 0.479 e. The third kappa shape index (κ3) is 3.96. The Morgan fingerprint density at radius 2 is 2.21 bits per heavy atom. The van der Waals surface area contributed by atoms with Gasteiger partial charge >= 0.3 is 6.03 Å². The summed E-state index contributed by atoms with van der Waals surface area (Å²) in [6, 6.07) is 3.61. The van der Waals surface area contributed by atoms with Gasteiger partial charge in [-0.3, -0.25) is 9.78 Å². The first-order valence-corrected chi connectivity index (χ1v) is 8.51. The van der Waals surface area contributed by atoms with E-state index in [1.165, 1.54) is 0 Å². The summed E-state index contributed by atoms with van der Waals surface area (Å²) in [5.74, 6) is 1.08. The maximum Gasteiger partial charge on any atom is 0.317 e. The van der Waals surface area contributed by atoms with Crippen LogP contribution < -0.4 is 10.1 Å². The summed E-state index contributed by atoms with van der Waals surface area (Å²) in [5, 5.41) is 2.83. The molecule has 2 fully saturated rings. The van der Waals surface area contributed by atoms with Crippen LogP contribution in [0.3, 0.4) is 0 Å². The van der Waals surface area contributed by atoms with Crippen LogP contribution in [0.1, 0.15) is 19.8 Å². The molecule has 2 saturated heterocycles. The van der Waals surface area contributed by atoms with Crippen LogP contribution in [-0.4, -0.2) is 65.5 Å². The molecule has 3 rings (SSSR count). The Labute approximate surface area is 142 Å². The third-order valence-electron chi connectivity index (χ3n) is 4.64. The summed E-state index contributed by atoms with van der Waals surface area (Å²) >= 11 is 0. The van der Waals surface area contributed by atoms with E-state index in [1.54, 1.807) is 31.5 Å². The fourth-order valence-corrected chi connectivity index (χ4v) is 3.26. The lowest BCUT2D eigenvalue weighted by Crippen LogP contribution is -2.46. The van der Waals surface area contributed by atoms with Crippen LogP contribution in [0.15, 0.2) is 24.5 Å². The summed E-state index contributed by atoms with van der Waals surface area (Å²) in [6.07, 6.45) is 4.61. The monoisotopic (exact) mass is 332 g/mol. The van der Waals surface area contributed by atoms with Crippen molar-refractivity contribution in [2.75, 3.05) is 32.7 Å². The number of likely N-dealkylation sites (tertiary alicyclic amines) is 1. The number of carbonyl (C=O) groups excluding carboxylic acids is 2. The van der Waals surface area contributed by atoms with E-state index < -0.39 is 6.10 Å². The van der Waals surface area contributed by atoms with E-state index in [9.17, 15) is 9.59 Å². The summed E-state index contributed by atoms with van der Waals surface area (Å²) in [4.78, 5) is 31.8. The number of pyridine rings is 1. The van der Waals surface area contributed by atoms with Gasteiger partial charge in [-0.15, -0.1) is 0 Å². The first-order valence-electron chi connectivity index (χ1n) is 8.51. The van der Waals surface area contributed by atoms with Gasteiger partial charge in [-0.1, -0.05) is 0 Å². The van der Waals surface area contributed by atoms with Gasteiger partial charge in [0.25, 0.3) is 5.91 Å². The number of nitrogens with zero attached hydrogens (tertiary/aromatic N) is 3. The molecule has 7 heteroatoms. The van der Waals surface area contributed by atoms with Crippen LogP contribution in [0.2, 0.25) is 0 Å². The average Bonchev–Trinajstić information content (AvgIpc) is 3.00. The zero-order valence-electron chi connectivity index (χ0n) is 14.0. The van der Waals surface area contributed by atoms with Crippen molar-refractivity contribution in [3.8, 4) is 5.75 Å². The molecule has 7 nitrogen and oxygen atoms in total. The molecule has 1 N–H and O–H groups in total. The lowest BCUT2D eigenvalue weighted by atomic mass is 9.96. The van der Waals surface area contributed by atoms with Gasteiger partial charge in [0.15, 0.2) is 6.10 Å². The molecular weight excluding hydrogens is 308 g/mol. The number of rotatable bonds is 5. The molecule has 24 heavy (non-hydrogen) atoms. The maximum atomic E-state index is 12.5. The summed E-state index contributed by atoms with van der Waals surface area (Å²) in [5.41, 5.74) is 0. The highest BCUT2D eigenvalue weighted by Crippen LogP contribution is 2.20. The van der Waals surface area contributed by atoms with Crippen molar-refractivity contribution in [3.63, 3.8) is 0 Å². The number of piperidine rings is 1. The molecule has 0 radical (unpaired) electrons. The Bertz CT molecular complexity index is 572. The van der Waals surface area contributed by atoms with E-state index in [-0.39, 0.29) is 11.9 Å². The highest BCUT2D eigenvalue weighted by molar-refractivity contribution is 5.81. The van der Waals surface area contributed by atoms with Gasteiger partial charge in [0, 0.05) is 38.9 Å². The van der Waals surface area contributed by atoms with Crippen molar-refractivity contribution in [1.82, 2.24) is 20.1 Å². The molecule has 1 aromatic rings. The van der Waals surface area contributed by atoms with Crippen molar-refractivity contribution in [1.29, 1.82) is 0 Å². The Morgan fingerprint density at radius 1 is 1.42 bits per heavy atom. The van der Waals surface area contributed by atoms with Crippen LogP contribution >= 0.6 is 0 Å².